The molecule has 0 aliphatic heterocycles. The first-order valence-electron chi connectivity index (χ1n) is 4.79. The van der Waals surface area contributed by atoms with Gasteiger partial charge in [-0.05, 0) is 40.4 Å². The van der Waals surface area contributed by atoms with Crippen LogP contribution in [0.3, 0.4) is 0 Å². The fraction of sp³-hybridized carbons (Fsp3) is 1.00. The van der Waals surface area contributed by atoms with Crippen LogP contribution in [-0.4, -0.2) is 32.0 Å². The largest absolute Gasteiger partial charge is 0.384 e. The van der Waals surface area contributed by atoms with Crippen molar-refractivity contribution in [2.75, 3.05) is 19.6 Å². The molecule has 0 aromatic rings. The summed E-state index contributed by atoms with van der Waals surface area (Å²) in [5, 5.41) is 0. The summed E-state index contributed by atoms with van der Waals surface area (Å²) in [7, 11) is -0.999. The molecule has 0 aromatic heterocycles. The second-order valence-corrected chi connectivity index (χ2v) is 9.55. The summed E-state index contributed by atoms with van der Waals surface area (Å²) >= 11 is 0. The maximum absolute atomic E-state index is 2.48. The summed E-state index contributed by atoms with van der Waals surface area (Å²) in [6, 6.07) is 0. The third kappa shape index (κ3) is 2.06. The van der Waals surface area contributed by atoms with Crippen LogP contribution < -0.4 is 0 Å². The maximum atomic E-state index is 2.48. The van der Waals surface area contributed by atoms with Gasteiger partial charge in [-0.15, -0.1) is 0 Å². The average molecular weight is 174 g/mol. The van der Waals surface area contributed by atoms with Gasteiger partial charge < -0.3 is 4.15 Å². The zero-order valence-corrected chi connectivity index (χ0v) is 10.1. The molecule has 68 valence electrons. The van der Waals surface area contributed by atoms with Crippen molar-refractivity contribution >= 4 is 8.24 Å². The van der Waals surface area contributed by atoms with Crippen LogP contribution >= 0.6 is 0 Å². The van der Waals surface area contributed by atoms with E-state index in [2.05, 4.69) is 40.4 Å². The van der Waals surface area contributed by atoms with Crippen molar-refractivity contribution in [3.05, 3.63) is 0 Å². The summed E-state index contributed by atoms with van der Waals surface area (Å²) in [4.78, 5) is 0. The average Bonchev–Trinajstić information content (AvgIpc) is 1.90. The predicted octanol–water partition coefficient (Wildman–Crippen LogP) is 2.70. The van der Waals surface area contributed by atoms with E-state index in [1.54, 1.807) is 0 Å². The van der Waals surface area contributed by atoms with E-state index < -0.39 is 8.24 Å². The van der Waals surface area contributed by atoms with E-state index in [1.807, 2.05) is 0 Å². The number of hydrogen-bond donors (Lipinski definition) is 0. The Labute approximate surface area is 73.1 Å². The summed E-state index contributed by atoms with van der Waals surface area (Å²) < 4.78 is 1.37. The molecular formula is C9H24NSi+. The number of quaternary nitrogens is 1. The third-order valence-electron chi connectivity index (χ3n) is 3.24. The van der Waals surface area contributed by atoms with Crippen LogP contribution in [-0.2, 0) is 0 Å². The zero-order valence-electron chi connectivity index (χ0n) is 9.07. The minimum atomic E-state index is -0.999. The first-order chi connectivity index (χ1) is 4.93. The van der Waals surface area contributed by atoms with Crippen LogP contribution in [0.15, 0.2) is 0 Å². The number of hydrogen-bond acceptors (Lipinski definition) is 0. The van der Waals surface area contributed by atoms with Crippen molar-refractivity contribution < 1.29 is 4.15 Å². The zero-order chi connectivity index (χ0) is 9.12. The molecule has 0 aliphatic carbocycles. The molecule has 1 nitrogen and oxygen atoms in total. The van der Waals surface area contributed by atoms with Crippen molar-refractivity contribution in [2.45, 2.75) is 40.4 Å². The lowest BCUT2D eigenvalue weighted by Gasteiger charge is -2.46. The normalized spacial score (nSPS) is 13.6. The highest BCUT2D eigenvalue weighted by molar-refractivity contribution is 6.69. The highest BCUT2D eigenvalue weighted by atomic mass is 28.3. The lowest BCUT2D eigenvalue weighted by molar-refractivity contribution is -0.828. The van der Waals surface area contributed by atoms with E-state index >= 15 is 0 Å². The Kier molecular flexibility index (Phi) is 3.78. The highest BCUT2D eigenvalue weighted by Gasteiger charge is 2.38. The van der Waals surface area contributed by atoms with Gasteiger partial charge in [0.15, 0.2) is 0 Å². The molecule has 0 aliphatic rings. The third-order valence-corrected chi connectivity index (χ3v) is 7.03. The smallest absolute Gasteiger partial charge is 0.276 e. The van der Waals surface area contributed by atoms with E-state index in [-0.39, 0.29) is 0 Å². The molecule has 0 spiro atoms. The van der Waals surface area contributed by atoms with E-state index in [4.69, 9.17) is 0 Å². The van der Waals surface area contributed by atoms with Crippen LogP contribution in [0.2, 0.25) is 19.6 Å². The molecule has 0 saturated heterocycles. The van der Waals surface area contributed by atoms with Crippen molar-refractivity contribution in [1.29, 1.82) is 0 Å². The molecule has 11 heavy (non-hydrogen) atoms. The van der Waals surface area contributed by atoms with Gasteiger partial charge in [-0.25, -0.2) is 0 Å². The quantitative estimate of drug-likeness (QED) is 0.575. The lowest BCUT2D eigenvalue weighted by atomic mass is 10.5. The second-order valence-electron chi connectivity index (χ2n) is 4.26. The van der Waals surface area contributed by atoms with E-state index in [0.29, 0.717) is 0 Å². The van der Waals surface area contributed by atoms with E-state index in [9.17, 15) is 0 Å². The number of rotatable bonds is 4. The Hall–Kier alpha value is 0.177. The minimum absolute atomic E-state index is 0.999. The monoisotopic (exact) mass is 174 g/mol. The maximum Gasteiger partial charge on any atom is 0.276 e. The van der Waals surface area contributed by atoms with Crippen LogP contribution in [0.25, 0.3) is 0 Å². The fourth-order valence-electron chi connectivity index (χ4n) is 2.09. The van der Waals surface area contributed by atoms with Crippen molar-refractivity contribution in [3.63, 3.8) is 0 Å². The summed E-state index contributed by atoms with van der Waals surface area (Å²) in [6.45, 7) is 18.3. The predicted molar refractivity (Wildman–Crippen MR) is 55.2 cm³/mol. The van der Waals surface area contributed by atoms with Gasteiger partial charge in [0.1, 0.15) is 0 Å². The Morgan fingerprint density at radius 2 is 1.09 bits per heavy atom. The SMILES string of the molecule is CC[N+](CC)(CC)[Si](C)(C)C. The van der Waals surface area contributed by atoms with E-state index in [1.165, 1.54) is 23.8 Å². The van der Waals surface area contributed by atoms with Gasteiger partial charge in [-0.1, -0.05) is 0 Å². The molecule has 0 N–H and O–H groups in total. The molecule has 2 heteroatoms. The first kappa shape index (κ1) is 11.2. The lowest BCUT2D eigenvalue weighted by Crippen LogP contribution is -2.63. The molecular weight excluding hydrogens is 150 g/mol. The highest BCUT2D eigenvalue weighted by Crippen LogP contribution is 2.19. The molecule has 0 amide bonds. The molecule has 0 unspecified atom stereocenters. The van der Waals surface area contributed by atoms with Gasteiger partial charge in [0, 0.05) is 0 Å². The Balaban J connectivity index is 4.54. The number of nitrogens with zero attached hydrogens (tertiary/aromatic N) is 1. The molecule has 0 fully saturated rings. The van der Waals surface area contributed by atoms with Gasteiger partial charge in [-0.2, -0.15) is 0 Å². The molecule has 0 radical (unpaired) electrons. The minimum Gasteiger partial charge on any atom is -0.384 e. The summed E-state index contributed by atoms with van der Waals surface area (Å²) in [5.74, 6) is 0. The van der Waals surface area contributed by atoms with Gasteiger partial charge in [-0.3, -0.25) is 0 Å². The molecule has 0 atom stereocenters. The van der Waals surface area contributed by atoms with Gasteiger partial charge >= 0.3 is 0 Å². The van der Waals surface area contributed by atoms with Crippen molar-refractivity contribution in [1.82, 2.24) is 0 Å². The Bertz CT molecular complexity index is 103. The topological polar surface area (TPSA) is 0 Å². The van der Waals surface area contributed by atoms with Crippen LogP contribution in [0.4, 0.5) is 0 Å². The van der Waals surface area contributed by atoms with Crippen molar-refractivity contribution in [2.24, 2.45) is 0 Å². The van der Waals surface area contributed by atoms with Crippen LogP contribution in [0.5, 0.6) is 0 Å². The Morgan fingerprint density at radius 3 is 1.09 bits per heavy atom. The first-order valence-corrected chi connectivity index (χ1v) is 8.24. The molecule has 0 bridgehead atoms. The summed E-state index contributed by atoms with van der Waals surface area (Å²) in [5.41, 5.74) is 0. The Morgan fingerprint density at radius 1 is 0.818 bits per heavy atom. The van der Waals surface area contributed by atoms with Crippen molar-refractivity contribution in [3.8, 4) is 0 Å². The standard InChI is InChI=1S/C9H24NSi/c1-7-10(8-2,9-3)11(4,5)6/h7-9H2,1-6H3/q+1. The molecule has 0 aromatic carbocycles. The molecule has 0 rings (SSSR count). The van der Waals surface area contributed by atoms with Gasteiger partial charge in [0.2, 0.25) is 0 Å². The van der Waals surface area contributed by atoms with E-state index in [0.717, 1.165) is 0 Å². The van der Waals surface area contributed by atoms with Gasteiger partial charge in [0.25, 0.3) is 8.24 Å². The summed E-state index contributed by atoms with van der Waals surface area (Å²) in [6.07, 6.45) is 0. The fourth-order valence-corrected chi connectivity index (χ4v) is 4.94. The van der Waals surface area contributed by atoms with Crippen LogP contribution in [0.1, 0.15) is 20.8 Å². The van der Waals surface area contributed by atoms with Crippen LogP contribution in [0, 0.1) is 0 Å². The van der Waals surface area contributed by atoms with Gasteiger partial charge in [0.05, 0.1) is 19.6 Å². The molecule has 0 heterocycles. The molecule has 0 saturated carbocycles. The second kappa shape index (κ2) is 3.72.